The summed E-state index contributed by atoms with van der Waals surface area (Å²) in [5, 5.41) is 12.5. The van der Waals surface area contributed by atoms with Crippen LogP contribution in [0.15, 0.2) is 6.07 Å². The quantitative estimate of drug-likeness (QED) is 0.475. The minimum Gasteiger partial charge on any atom is -0.492 e. The Morgan fingerprint density at radius 3 is 2.85 bits per heavy atom. The summed E-state index contributed by atoms with van der Waals surface area (Å²) in [6, 6.07) is 1.56. The minimum atomic E-state index is -0.598. The topological polar surface area (TPSA) is 88.5 Å². The van der Waals surface area contributed by atoms with E-state index < -0.39 is 11.8 Å². The minimum absolute atomic E-state index is 0.0291. The first-order valence-corrected chi connectivity index (χ1v) is 6.74. The monoisotopic (exact) mass is 298 g/mol. The maximum atomic E-state index is 12.1. The van der Waals surface area contributed by atoms with Crippen molar-refractivity contribution in [2.75, 3.05) is 11.9 Å². The van der Waals surface area contributed by atoms with Gasteiger partial charge < -0.3 is 15.2 Å². The Morgan fingerprint density at radius 1 is 1.55 bits per heavy atom. The van der Waals surface area contributed by atoms with Crippen molar-refractivity contribution in [2.45, 2.75) is 32.2 Å². The zero-order valence-electron chi connectivity index (χ0n) is 11.0. The van der Waals surface area contributed by atoms with Crippen molar-refractivity contribution in [2.24, 2.45) is 0 Å². The predicted octanol–water partition coefficient (Wildman–Crippen LogP) is 2.15. The molecule has 1 aromatic rings. The highest BCUT2D eigenvalue weighted by Crippen LogP contribution is 2.31. The lowest BCUT2D eigenvalue weighted by Crippen LogP contribution is -2.15. The summed E-state index contributed by atoms with van der Waals surface area (Å²) >= 11 is 5.77. The van der Waals surface area contributed by atoms with Gasteiger partial charge in [-0.25, -0.2) is 0 Å². The van der Waals surface area contributed by atoms with E-state index in [0.717, 1.165) is 12.8 Å². The number of nitrogens with one attached hydrogen (secondary N) is 1. The van der Waals surface area contributed by atoms with Crippen LogP contribution < -0.4 is 5.32 Å². The molecule has 0 bridgehead atoms. The summed E-state index contributed by atoms with van der Waals surface area (Å²) in [5.74, 6) is -1.13. The number of nitrogens with zero attached hydrogens (tertiary/aromatic N) is 1. The third-order valence-corrected chi connectivity index (χ3v) is 3.06. The van der Waals surface area contributed by atoms with Crippen molar-refractivity contribution >= 4 is 29.2 Å². The van der Waals surface area contributed by atoms with Crippen molar-refractivity contribution in [1.29, 1.82) is 0 Å². The molecule has 1 fully saturated rings. The standard InChI is InChI=1S/C13H15ClN2O4/c1-2-20-11(18)6-10(17)8-5-9(14)13(19)16-12(8)15-7-3-4-7/h5,7H,2-4,6H2,1H3,(H2,15,16,19). The number of halogens is 1. The number of ether oxygens (including phenoxy) is 1. The van der Waals surface area contributed by atoms with Crippen LogP contribution in [0.1, 0.15) is 36.5 Å². The lowest BCUT2D eigenvalue weighted by Gasteiger charge is -2.11. The van der Waals surface area contributed by atoms with Crippen LogP contribution in [-0.4, -0.2) is 34.5 Å². The van der Waals surface area contributed by atoms with E-state index in [1.165, 1.54) is 6.07 Å². The molecule has 1 heterocycles. The molecule has 20 heavy (non-hydrogen) atoms. The molecule has 0 aromatic carbocycles. The molecule has 108 valence electrons. The fourth-order valence-corrected chi connectivity index (χ4v) is 1.81. The second kappa shape index (κ2) is 6.09. The number of rotatable bonds is 6. The number of Topliss-reactive ketones (excluding diaryl/α,β-unsaturated/α-hetero) is 1. The van der Waals surface area contributed by atoms with Crippen molar-refractivity contribution in [3.05, 3.63) is 16.7 Å². The Bertz CT molecular complexity index is 543. The molecule has 1 aliphatic carbocycles. The number of hydrogen-bond acceptors (Lipinski definition) is 6. The van der Waals surface area contributed by atoms with E-state index in [0.29, 0.717) is 0 Å². The Hall–Kier alpha value is -1.82. The number of aromatic hydroxyl groups is 1. The van der Waals surface area contributed by atoms with E-state index in [-0.39, 0.29) is 41.4 Å². The van der Waals surface area contributed by atoms with Gasteiger partial charge in [0.15, 0.2) is 5.78 Å². The van der Waals surface area contributed by atoms with Crippen LogP contribution >= 0.6 is 11.6 Å². The van der Waals surface area contributed by atoms with E-state index in [1.54, 1.807) is 6.92 Å². The number of pyridine rings is 1. The Labute approximate surface area is 121 Å². The van der Waals surface area contributed by atoms with Crippen LogP contribution in [0.25, 0.3) is 0 Å². The van der Waals surface area contributed by atoms with Gasteiger partial charge in [0.05, 0.1) is 12.2 Å². The maximum Gasteiger partial charge on any atom is 0.313 e. The van der Waals surface area contributed by atoms with Crippen molar-refractivity contribution in [1.82, 2.24) is 4.98 Å². The van der Waals surface area contributed by atoms with Gasteiger partial charge >= 0.3 is 5.97 Å². The second-order valence-corrected chi connectivity index (χ2v) is 4.92. The molecule has 0 unspecified atom stereocenters. The van der Waals surface area contributed by atoms with Gasteiger partial charge in [0, 0.05) is 6.04 Å². The Kier molecular flexibility index (Phi) is 4.44. The molecule has 1 saturated carbocycles. The zero-order chi connectivity index (χ0) is 14.7. The molecule has 0 amide bonds. The number of ketones is 1. The summed E-state index contributed by atoms with van der Waals surface area (Å²) < 4.78 is 4.74. The summed E-state index contributed by atoms with van der Waals surface area (Å²) in [4.78, 5) is 27.3. The highest BCUT2D eigenvalue weighted by Gasteiger charge is 2.26. The molecule has 0 spiro atoms. The van der Waals surface area contributed by atoms with Crippen LogP contribution in [0.5, 0.6) is 5.88 Å². The van der Waals surface area contributed by atoms with Crippen molar-refractivity contribution in [3.63, 3.8) is 0 Å². The van der Waals surface area contributed by atoms with Crippen LogP contribution in [0.4, 0.5) is 5.82 Å². The lowest BCUT2D eigenvalue weighted by molar-refractivity contribution is -0.141. The number of aromatic nitrogens is 1. The van der Waals surface area contributed by atoms with Crippen LogP contribution in [0.3, 0.4) is 0 Å². The molecule has 6 nitrogen and oxygen atoms in total. The molecule has 0 radical (unpaired) electrons. The molecule has 7 heteroatoms. The molecule has 2 N–H and O–H groups in total. The smallest absolute Gasteiger partial charge is 0.313 e. The van der Waals surface area contributed by atoms with Gasteiger partial charge in [-0.3, -0.25) is 9.59 Å². The molecule has 0 aliphatic heterocycles. The van der Waals surface area contributed by atoms with Gasteiger partial charge in [-0.1, -0.05) is 11.6 Å². The average molecular weight is 299 g/mol. The van der Waals surface area contributed by atoms with E-state index in [4.69, 9.17) is 16.3 Å². The fraction of sp³-hybridized carbons (Fsp3) is 0.462. The second-order valence-electron chi connectivity index (χ2n) is 4.51. The first kappa shape index (κ1) is 14.6. The first-order chi connectivity index (χ1) is 9.51. The highest BCUT2D eigenvalue weighted by molar-refractivity contribution is 6.32. The third kappa shape index (κ3) is 3.60. The van der Waals surface area contributed by atoms with E-state index in [2.05, 4.69) is 10.3 Å². The Balaban J connectivity index is 2.21. The third-order valence-electron chi connectivity index (χ3n) is 2.79. The summed E-state index contributed by atoms with van der Waals surface area (Å²) in [6.07, 6.45) is 1.59. The molecule has 0 saturated heterocycles. The molecule has 2 rings (SSSR count). The van der Waals surface area contributed by atoms with Crippen molar-refractivity contribution in [3.8, 4) is 5.88 Å². The first-order valence-electron chi connectivity index (χ1n) is 6.36. The van der Waals surface area contributed by atoms with Crippen LogP contribution in [0, 0.1) is 0 Å². The fourth-order valence-electron chi connectivity index (χ4n) is 1.66. The molecular weight excluding hydrogens is 284 g/mol. The van der Waals surface area contributed by atoms with Crippen molar-refractivity contribution < 1.29 is 19.4 Å². The summed E-state index contributed by atoms with van der Waals surface area (Å²) in [7, 11) is 0. The molecule has 1 aliphatic rings. The number of carbonyl (C=O) groups is 2. The van der Waals surface area contributed by atoms with E-state index in [9.17, 15) is 14.7 Å². The van der Waals surface area contributed by atoms with Crippen LogP contribution in [0.2, 0.25) is 5.02 Å². The van der Waals surface area contributed by atoms with Crippen LogP contribution in [-0.2, 0) is 9.53 Å². The van der Waals surface area contributed by atoms with Gasteiger partial charge in [-0.05, 0) is 25.8 Å². The lowest BCUT2D eigenvalue weighted by atomic mass is 10.1. The van der Waals surface area contributed by atoms with E-state index >= 15 is 0 Å². The van der Waals surface area contributed by atoms with Gasteiger partial charge in [0.2, 0.25) is 5.88 Å². The predicted molar refractivity (Wildman–Crippen MR) is 73.1 cm³/mol. The van der Waals surface area contributed by atoms with E-state index in [1.807, 2.05) is 0 Å². The summed E-state index contributed by atoms with van der Waals surface area (Å²) in [6.45, 7) is 1.88. The van der Waals surface area contributed by atoms with Gasteiger partial charge in [-0.2, -0.15) is 4.98 Å². The highest BCUT2D eigenvalue weighted by atomic mass is 35.5. The van der Waals surface area contributed by atoms with Gasteiger partial charge in [0.1, 0.15) is 17.3 Å². The molecular formula is C13H15ClN2O4. The zero-order valence-corrected chi connectivity index (χ0v) is 11.7. The normalized spacial score (nSPS) is 13.9. The van der Waals surface area contributed by atoms with Gasteiger partial charge in [0.25, 0.3) is 0 Å². The maximum absolute atomic E-state index is 12.1. The molecule has 1 aromatic heterocycles. The summed E-state index contributed by atoms with van der Waals surface area (Å²) in [5.41, 5.74) is 0.188. The SMILES string of the molecule is CCOC(=O)CC(=O)c1cc(Cl)c(O)nc1NC1CC1. The number of hydrogen-bond donors (Lipinski definition) is 2. The molecule has 0 atom stereocenters. The van der Waals surface area contributed by atoms with Gasteiger partial charge in [-0.15, -0.1) is 0 Å². The Morgan fingerprint density at radius 2 is 2.25 bits per heavy atom. The number of anilines is 1. The number of esters is 1. The number of carbonyl (C=O) groups excluding carboxylic acids is 2. The largest absolute Gasteiger partial charge is 0.492 e. The average Bonchev–Trinajstić information content (AvgIpc) is 3.17.